The molecule has 4 heteroatoms. The van der Waals surface area contributed by atoms with Crippen LogP contribution < -0.4 is 9.47 Å². The molecule has 0 aromatic heterocycles. The van der Waals surface area contributed by atoms with Gasteiger partial charge in [0, 0.05) is 0 Å². The molecule has 0 aliphatic heterocycles. The first-order valence-corrected chi connectivity index (χ1v) is 5.80. The van der Waals surface area contributed by atoms with E-state index in [1.807, 2.05) is 6.07 Å². The summed E-state index contributed by atoms with van der Waals surface area (Å²) in [7, 11) is 0. The largest absolute Gasteiger partial charge is 0.490 e. The highest BCUT2D eigenvalue weighted by atomic mass is 19.1. The predicted octanol–water partition coefficient (Wildman–Crippen LogP) is 3.16. The average Bonchev–Trinajstić information content (AvgIpc) is 2.45. The highest BCUT2D eigenvalue weighted by Crippen LogP contribution is 2.16. The van der Waals surface area contributed by atoms with Gasteiger partial charge in [-0.2, -0.15) is 5.26 Å². The average molecular weight is 257 g/mol. The molecule has 2 aromatic carbocycles. The van der Waals surface area contributed by atoms with Crippen LogP contribution in [-0.4, -0.2) is 13.2 Å². The molecule has 0 fully saturated rings. The van der Waals surface area contributed by atoms with Gasteiger partial charge in [-0.25, -0.2) is 4.39 Å². The van der Waals surface area contributed by atoms with Gasteiger partial charge in [0.15, 0.2) is 11.6 Å². The van der Waals surface area contributed by atoms with E-state index in [0.29, 0.717) is 11.3 Å². The Hall–Kier alpha value is -2.54. The molecule has 96 valence electrons. The van der Waals surface area contributed by atoms with Crippen molar-refractivity contribution in [1.29, 1.82) is 5.26 Å². The number of benzene rings is 2. The van der Waals surface area contributed by atoms with Gasteiger partial charge in [-0.05, 0) is 30.3 Å². The molecule has 19 heavy (non-hydrogen) atoms. The van der Waals surface area contributed by atoms with Crippen molar-refractivity contribution in [1.82, 2.24) is 0 Å². The Balaban J connectivity index is 1.81. The van der Waals surface area contributed by atoms with Gasteiger partial charge >= 0.3 is 0 Å². The van der Waals surface area contributed by atoms with Gasteiger partial charge in [-0.1, -0.05) is 18.2 Å². The Bertz CT molecular complexity index is 593. The van der Waals surface area contributed by atoms with Crippen LogP contribution in [0.25, 0.3) is 0 Å². The van der Waals surface area contributed by atoms with Crippen LogP contribution in [0.15, 0.2) is 48.5 Å². The van der Waals surface area contributed by atoms with E-state index in [9.17, 15) is 4.39 Å². The first-order valence-electron chi connectivity index (χ1n) is 5.80. The normalized spacial score (nSPS) is 9.68. The zero-order chi connectivity index (χ0) is 13.5. The van der Waals surface area contributed by atoms with Crippen LogP contribution in [-0.2, 0) is 0 Å². The molecule has 2 aromatic rings. The van der Waals surface area contributed by atoms with Crippen LogP contribution in [0.2, 0.25) is 0 Å². The van der Waals surface area contributed by atoms with E-state index in [2.05, 4.69) is 0 Å². The maximum absolute atomic E-state index is 13.2. The maximum Gasteiger partial charge on any atom is 0.165 e. The summed E-state index contributed by atoms with van der Waals surface area (Å²) in [5, 5.41) is 8.74. The fourth-order valence-electron chi connectivity index (χ4n) is 1.53. The van der Waals surface area contributed by atoms with E-state index >= 15 is 0 Å². The molecule has 0 saturated carbocycles. The van der Waals surface area contributed by atoms with Crippen LogP contribution in [0.5, 0.6) is 11.5 Å². The third-order valence-electron chi connectivity index (χ3n) is 2.41. The first-order chi connectivity index (χ1) is 9.29. The number of hydrogen-bond acceptors (Lipinski definition) is 3. The summed E-state index contributed by atoms with van der Waals surface area (Å²) in [5.41, 5.74) is 0.535. The number of para-hydroxylation sites is 1. The number of nitrogens with zero attached hydrogens (tertiary/aromatic N) is 1. The van der Waals surface area contributed by atoms with Gasteiger partial charge in [0.05, 0.1) is 11.6 Å². The second kappa shape index (κ2) is 6.41. The highest BCUT2D eigenvalue weighted by molar-refractivity contribution is 5.36. The zero-order valence-electron chi connectivity index (χ0n) is 10.2. The Labute approximate surface area is 110 Å². The molecule has 0 saturated heterocycles. The molecule has 0 amide bonds. The summed E-state index contributed by atoms with van der Waals surface area (Å²) in [6, 6.07) is 15.1. The van der Waals surface area contributed by atoms with Crippen molar-refractivity contribution in [3.05, 3.63) is 59.9 Å². The third-order valence-corrected chi connectivity index (χ3v) is 2.41. The molecule has 0 N–H and O–H groups in total. The van der Waals surface area contributed by atoms with Crippen LogP contribution in [0, 0.1) is 17.1 Å². The van der Waals surface area contributed by atoms with Gasteiger partial charge < -0.3 is 9.47 Å². The fourth-order valence-corrected chi connectivity index (χ4v) is 1.53. The number of hydrogen-bond donors (Lipinski definition) is 0. The Morgan fingerprint density at radius 3 is 2.58 bits per heavy atom. The summed E-state index contributed by atoms with van der Waals surface area (Å²) in [6.07, 6.45) is 0. The molecule has 0 radical (unpaired) electrons. The van der Waals surface area contributed by atoms with Crippen molar-refractivity contribution < 1.29 is 13.9 Å². The van der Waals surface area contributed by atoms with Gasteiger partial charge in [0.25, 0.3) is 0 Å². The topological polar surface area (TPSA) is 42.2 Å². The SMILES string of the molecule is N#Cc1cccc(OCCOc2ccccc2F)c1. The molecule has 0 aliphatic rings. The molecular weight excluding hydrogens is 245 g/mol. The minimum absolute atomic E-state index is 0.205. The number of rotatable bonds is 5. The molecule has 0 atom stereocenters. The van der Waals surface area contributed by atoms with Gasteiger partial charge in [-0.3, -0.25) is 0 Å². The number of ether oxygens (including phenoxy) is 2. The smallest absolute Gasteiger partial charge is 0.165 e. The van der Waals surface area contributed by atoms with Crippen molar-refractivity contribution >= 4 is 0 Å². The van der Waals surface area contributed by atoms with Crippen LogP contribution >= 0.6 is 0 Å². The lowest BCUT2D eigenvalue weighted by Gasteiger charge is -2.08. The van der Waals surface area contributed by atoms with Crippen molar-refractivity contribution in [2.45, 2.75) is 0 Å². The van der Waals surface area contributed by atoms with E-state index in [4.69, 9.17) is 14.7 Å². The number of nitriles is 1. The highest BCUT2D eigenvalue weighted by Gasteiger charge is 2.01. The van der Waals surface area contributed by atoms with E-state index < -0.39 is 5.82 Å². The Morgan fingerprint density at radius 1 is 1.00 bits per heavy atom. The Kier molecular flexibility index (Phi) is 4.35. The molecule has 0 bridgehead atoms. The third kappa shape index (κ3) is 3.71. The minimum atomic E-state index is -0.394. The lowest BCUT2D eigenvalue weighted by atomic mass is 10.2. The first kappa shape index (κ1) is 12.9. The zero-order valence-corrected chi connectivity index (χ0v) is 10.2. The quantitative estimate of drug-likeness (QED) is 0.773. The van der Waals surface area contributed by atoms with Crippen molar-refractivity contribution in [2.24, 2.45) is 0 Å². The summed E-state index contributed by atoms with van der Waals surface area (Å²) in [6.45, 7) is 0.515. The summed E-state index contributed by atoms with van der Waals surface area (Å²) < 4.78 is 23.9. The molecule has 2 rings (SSSR count). The second-order valence-electron chi connectivity index (χ2n) is 3.77. The van der Waals surface area contributed by atoms with Gasteiger partial charge in [-0.15, -0.1) is 0 Å². The van der Waals surface area contributed by atoms with Gasteiger partial charge in [0.2, 0.25) is 0 Å². The number of halogens is 1. The lowest BCUT2D eigenvalue weighted by Crippen LogP contribution is -2.09. The van der Waals surface area contributed by atoms with Crippen LogP contribution in [0.4, 0.5) is 4.39 Å². The monoisotopic (exact) mass is 257 g/mol. The van der Waals surface area contributed by atoms with Gasteiger partial charge in [0.1, 0.15) is 19.0 Å². The van der Waals surface area contributed by atoms with Crippen LogP contribution in [0.3, 0.4) is 0 Å². The molecule has 0 unspecified atom stereocenters. The molecule has 0 heterocycles. The molecular formula is C15H12FNO2. The van der Waals surface area contributed by atoms with Crippen molar-refractivity contribution in [3.8, 4) is 17.6 Å². The van der Waals surface area contributed by atoms with E-state index in [0.717, 1.165) is 0 Å². The summed E-state index contributed by atoms with van der Waals surface area (Å²) >= 11 is 0. The minimum Gasteiger partial charge on any atom is -0.490 e. The fraction of sp³-hybridized carbons (Fsp3) is 0.133. The maximum atomic E-state index is 13.2. The summed E-state index contributed by atoms with van der Waals surface area (Å²) in [5.74, 6) is 0.405. The van der Waals surface area contributed by atoms with Crippen LogP contribution in [0.1, 0.15) is 5.56 Å². The second-order valence-corrected chi connectivity index (χ2v) is 3.77. The molecule has 0 aliphatic carbocycles. The Morgan fingerprint density at radius 2 is 1.79 bits per heavy atom. The van der Waals surface area contributed by atoms with E-state index in [-0.39, 0.29) is 19.0 Å². The summed E-state index contributed by atoms with van der Waals surface area (Å²) in [4.78, 5) is 0. The van der Waals surface area contributed by atoms with Crippen molar-refractivity contribution in [2.75, 3.05) is 13.2 Å². The van der Waals surface area contributed by atoms with E-state index in [1.54, 1.807) is 42.5 Å². The predicted molar refractivity (Wildman–Crippen MR) is 68.5 cm³/mol. The molecule has 0 spiro atoms. The lowest BCUT2D eigenvalue weighted by molar-refractivity contribution is 0.211. The standard InChI is InChI=1S/C15H12FNO2/c16-14-6-1-2-7-15(14)19-9-8-18-13-5-3-4-12(10-13)11-17/h1-7,10H,8-9H2. The van der Waals surface area contributed by atoms with Crippen molar-refractivity contribution in [3.63, 3.8) is 0 Å². The molecule has 3 nitrogen and oxygen atoms in total. The van der Waals surface area contributed by atoms with E-state index in [1.165, 1.54) is 6.07 Å².